The molecule has 34 heavy (non-hydrogen) atoms. The van der Waals surface area contributed by atoms with Crippen LogP contribution in [0.3, 0.4) is 0 Å². The Kier molecular flexibility index (Phi) is 8.91. The number of hydrogen-bond donors (Lipinski definition) is 3. The van der Waals surface area contributed by atoms with E-state index in [1.165, 1.54) is 16.7 Å². The zero-order chi connectivity index (χ0) is 23.8. The molecule has 0 radical (unpaired) electrons. The van der Waals surface area contributed by atoms with E-state index in [9.17, 15) is 5.11 Å². The molecule has 2 aromatic carbocycles. The lowest BCUT2D eigenvalue weighted by atomic mass is 9.89. The SMILES string of the molecule is COc1ccc2ncc(CN)c(CCCc3ccc(CCCC(O)C4CCNCC4)cc3)c2c1. The number of ether oxygens (including phenoxy) is 1. The highest BCUT2D eigenvalue weighted by molar-refractivity contribution is 5.84. The fourth-order valence-corrected chi connectivity index (χ4v) is 5.19. The lowest BCUT2D eigenvalue weighted by Gasteiger charge is -2.27. The average molecular weight is 462 g/mol. The van der Waals surface area contributed by atoms with Gasteiger partial charge in [0.1, 0.15) is 5.75 Å². The zero-order valence-corrected chi connectivity index (χ0v) is 20.4. The second-order valence-electron chi connectivity index (χ2n) is 9.57. The monoisotopic (exact) mass is 461 g/mol. The first kappa shape index (κ1) is 24.6. The molecule has 1 unspecified atom stereocenters. The van der Waals surface area contributed by atoms with Crippen molar-refractivity contribution in [1.82, 2.24) is 10.3 Å². The Morgan fingerprint density at radius 2 is 1.74 bits per heavy atom. The zero-order valence-electron chi connectivity index (χ0n) is 20.4. The third kappa shape index (κ3) is 6.35. The number of aliphatic hydroxyl groups is 1. The van der Waals surface area contributed by atoms with Crippen molar-refractivity contribution in [2.45, 2.75) is 64.0 Å². The Balaban J connectivity index is 1.29. The summed E-state index contributed by atoms with van der Waals surface area (Å²) in [4.78, 5) is 4.57. The molecule has 1 aliphatic heterocycles. The molecule has 4 rings (SSSR count). The quantitative estimate of drug-likeness (QED) is 0.390. The highest BCUT2D eigenvalue weighted by Crippen LogP contribution is 2.27. The van der Waals surface area contributed by atoms with E-state index in [1.54, 1.807) is 7.11 Å². The molecule has 1 aromatic heterocycles. The summed E-state index contributed by atoms with van der Waals surface area (Å²) in [6, 6.07) is 15.1. The number of aryl methyl sites for hydroxylation is 3. The van der Waals surface area contributed by atoms with E-state index in [0.717, 1.165) is 86.7 Å². The number of rotatable bonds is 11. The predicted octanol–water partition coefficient (Wildman–Crippen LogP) is 4.56. The molecule has 0 spiro atoms. The molecule has 0 bridgehead atoms. The fraction of sp³-hybridized carbons (Fsp3) is 0.483. The molecule has 0 aliphatic carbocycles. The summed E-state index contributed by atoms with van der Waals surface area (Å²) >= 11 is 0. The first-order chi connectivity index (χ1) is 16.7. The molecule has 1 fully saturated rings. The number of hydrogen-bond acceptors (Lipinski definition) is 5. The Labute approximate surface area is 203 Å². The Hall–Kier alpha value is -2.47. The summed E-state index contributed by atoms with van der Waals surface area (Å²) in [7, 11) is 1.70. The van der Waals surface area contributed by atoms with Crippen molar-refractivity contribution in [2.24, 2.45) is 11.7 Å². The van der Waals surface area contributed by atoms with E-state index < -0.39 is 0 Å². The van der Waals surface area contributed by atoms with Crippen LogP contribution in [0.1, 0.15) is 54.4 Å². The van der Waals surface area contributed by atoms with E-state index >= 15 is 0 Å². The molecular weight excluding hydrogens is 422 g/mol. The van der Waals surface area contributed by atoms with Crippen molar-refractivity contribution in [2.75, 3.05) is 20.2 Å². The minimum Gasteiger partial charge on any atom is -0.497 e. The molecule has 5 nitrogen and oxygen atoms in total. The number of aromatic nitrogens is 1. The standard InChI is InChI=1S/C29H39N3O2/c1-34-25-12-13-28-27(18-25)26(24(19-30)20-32-28)6-2-4-21-8-10-22(11-9-21)5-3-7-29(33)23-14-16-31-17-15-23/h8-13,18,20,23,29,31,33H,2-7,14-17,19,30H2,1H3. The third-order valence-electron chi connectivity index (χ3n) is 7.30. The minimum atomic E-state index is -0.149. The smallest absolute Gasteiger partial charge is 0.119 e. The summed E-state index contributed by atoms with van der Waals surface area (Å²) in [5.74, 6) is 1.32. The van der Waals surface area contributed by atoms with Crippen LogP contribution in [-0.4, -0.2) is 36.4 Å². The maximum atomic E-state index is 10.5. The van der Waals surface area contributed by atoms with Crippen molar-refractivity contribution >= 4 is 10.9 Å². The normalized spacial score (nSPS) is 15.5. The van der Waals surface area contributed by atoms with Gasteiger partial charge in [-0.05, 0) is 111 Å². The second-order valence-corrected chi connectivity index (χ2v) is 9.57. The molecule has 0 amide bonds. The van der Waals surface area contributed by atoms with Gasteiger partial charge in [0.05, 0.1) is 18.7 Å². The van der Waals surface area contributed by atoms with Gasteiger partial charge in [-0.1, -0.05) is 24.3 Å². The summed E-state index contributed by atoms with van der Waals surface area (Å²) in [6.45, 7) is 2.58. The summed E-state index contributed by atoms with van der Waals surface area (Å²) in [5.41, 5.74) is 12.1. The van der Waals surface area contributed by atoms with E-state index in [0.29, 0.717) is 12.5 Å². The third-order valence-corrected chi connectivity index (χ3v) is 7.30. The molecule has 2 heterocycles. The van der Waals surface area contributed by atoms with Crippen LogP contribution in [0.5, 0.6) is 5.75 Å². The number of nitrogens with two attached hydrogens (primary N) is 1. The van der Waals surface area contributed by atoms with E-state index in [1.807, 2.05) is 18.3 Å². The number of nitrogens with zero attached hydrogens (tertiary/aromatic N) is 1. The van der Waals surface area contributed by atoms with E-state index in [-0.39, 0.29) is 6.10 Å². The van der Waals surface area contributed by atoms with Gasteiger partial charge in [-0.3, -0.25) is 4.98 Å². The minimum absolute atomic E-state index is 0.149. The van der Waals surface area contributed by atoms with Gasteiger partial charge in [0.25, 0.3) is 0 Å². The van der Waals surface area contributed by atoms with Crippen LogP contribution in [0, 0.1) is 5.92 Å². The molecule has 3 aromatic rings. The van der Waals surface area contributed by atoms with Gasteiger partial charge >= 0.3 is 0 Å². The topological polar surface area (TPSA) is 80.4 Å². The number of pyridine rings is 1. The van der Waals surface area contributed by atoms with Crippen molar-refractivity contribution in [1.29, 1.82) is 0 Å². The fourth-order valence-electron chi connectivity index (χ4n) is 5.19. The van der Waals surface area contributed by atoms with Gasteiger partial charge in [0.15, 0.2) is 0 Å². The van der Waals surface area contributed by atoms with Crippen LogP contribution in [0.4, 0.5) is 0 Å². The molecule has 182 valence electrons. The molecule has 0 saturated carbocycles. The molecule has 4 N–H and O–H groups in total. The Morgan fingerprint density at radius 1 is 1.03 bits per heavy atom. The molecule has 1 aliphatic rings. The predicted molar refractivity (Wildman–Crippen MR) is 139 cm³/mol. The lowest BCUT2D eigenvalue weighted by Crippen LogP contribution is -2.34. The summed E-state index contributed by atoms with van der Waals surface area (Å²) in [5, 5.41) is 15.0. The van der Waals surface area contributed by atoms with E-state index in [2.05, 4.69) is 40.6 Å². The maximum Gasteiger partial charge on any atom is 0.119 e. The second kappa shape index (κ2) is 12.3. The van der Waals surface area contributed by atoms with Crippen molar-refractivity contribution in [3.8, 4) is 5.75 Å². The number of methoxy groups -OCH3 is 1. The van der Waals surface area contributed by atoms with Crippen molar-refractivity contribution < 1.29 is 9.84 Å². The number of benzene rings is 2. The van der Waals surface area contributed by atoms with Crippen LogP contribution in [-0.2, 0) is 25.8 Å². The molecule has 1 saturated heterocycles. The highest BCUT2D eigenvalue weighted by Gasteiger charge is 2.20. The summed E-state index contributed by atoms with van der Waals surface area (Å²) < 4.78 is 5.43. The first-order valence-corrected chi connectivity index (χ1v) is 12.8. The number of piperidine rings is 1. The van der Waals surface area contributed by atoms with Gasteiger partial charge in [-0.25, -0.2) is 0 Å². The van der Waals surface area contributed by atoms with Gasteiger partial charge in [-0.2, -0.15) is 0 Å². The van der Waals surface area contributed by atoms with Gasteiger partial charge < -0.3 is 20.9 Å². The molecule has 1 atom stereocenters. The van der Waals surface area contributed by atoms with Crippen LogP contribution < -0.4 is 15.8 Å². The number of fused-ring (bicyclic) bond motifs is 1. The number of aliphatic hydroxyl groups excluding tert-OH is 1. The van der Waals surface area contributed by atoms with Gasteiger partial charge in [0, 0.05) is 18.1 Å². The highest BCUT2D eigenvalue weighted by atomic mass is 16.5. The Morgan fingerprint density at radius 3 is 2.41 bits per heavy atom. The number of nitrogens with one attached hydrogen (secondary N) is 1. The van der Waals surface area contributed by atoms with Gasteiger partial charge in [0.2, 0.25) is 0 Å². The molecule has 5 heteroatoms. The Bertz CT molecular complexity index is 1040. The van der Waals surface area contributed by atoms with Crippen LogP contribution in [0.15, 0.2) is 48.7 Å². The first-order valence-electron chi connectivity index (χ1n) is 12.8. The lowest BCUT2D eigenvalue weighted by molar-refractivity contribution is 0.0793. The molecular formula is C29H39N3O2. The van der Waals surface area contributed by atoms with E-state index in [4.69, 9.17) is 10.5 Å². The van der Waals surface area contributed by atoms with Crippen LogP contribution in [0.25, 0.3) is 10.9 Å². The van der Waals surface area contributed by atoms with Crippen molar-refractivity contribution in [3.63, 3.8) is 0 Å². The largest absolute Gasteiger partial charge is 0.497 e. The van der Waals surface area contributed by atoms with Crippen LogP contribution in [0.2, 0.25) is 0 Å². The van der Waals surface area contributed by atoms with Crippen LogP contribution >= 0.6 is 0 Å². The average Bonchev–Trinajstić information content (AvgIpc) is 2.89. The summed E-state index contributed by atoms with van der Waals surface area (Å²) in [6.07, 6.45) is 10.0. The van der Waals surface area contributed by atoms with Gasteiger partial charge in [-0.15, -0.1) is 0 Å². The maximum absolute atomic E-state index is 10.5. The van der Waals surface area contributed by atoms with Crippen molar-refractivity contribution in [3.05, 3.63) is 70.9 Å².